The Bertz CT molecular complexity index is 814. The van der Waals surface area contributed by atoms with E-state index >= 15 is 0 Å². The summed E-state index contributed by atoms with van der Waals surface area (Å²) < 4.78 is 5.26. The molecule has 0 saturated carbocycles. The lowest BCUT2D eigenvalue weighted by molar-refractivity contribution is 0.0919. The van der Waals surface area contributed by atoms with Gasteiger partial charge >= 0.3 is 6.03 Å². The molecule has 0 unspecified atom stereocenters. The van der Waals surface area contributed by atoms with E-state index in [1.165, 1.54) is 0 Å². The quantitative estimate of drug-likeness (QED) is 0.870. The van der Waals surface area contributed by atoms with Crippen molar-refractivity contribution in [1.82, 2.24) is 10.2 Å². The molecule has 142 valence electrons. The molecule has 1 saturated heterocycles. The van der Waals surface area contributed by atoms with Gasteiger partial charge in [-0.25, -0.2) is 4.79 Å². The largest absolute Gasteiger partial charge is 0.495 e. The zero-order valence-corrected chi connectivity index (χ0v) is 15.7. The zero-order chi connectivity index (χ0) is 19.2. The van der Waals surface area contributed by atoms with E-state index in [4.69, 9.17) is 4.74 Å². The summed E-state index contributed by atoms with van der Waals surface area (Å²) in [6.45, 7) is 3.16. The number of likely N-dealkylation sites (tertiary alicyclic amines) is 1. The lowest BCUT2D eigenvalue weighted by atomic mass is 10.0. The minimum Gasteiger partial charge on any atom is -0.495 e. The van der Waals surface area contributed by atoms with Gasteiger partial charge in [0, 0.05) is 24.7 Å². The number of piperidine rings is 1. The standard InChI is InChI=1S/C21H25N3O3/c1-15-6-5-7-16(14-15)20(25)22-17-10-12-24(13-11-17)21(26)23-18-8-3-4-9-19(18)27-2/h3-9,14,17H,10-13H2,1-2H3,(H,22,25)(H,23,26). The van der Waals surface area contributed by atoms with Gasteiger partial charge in [0.05, 0.1) is 12.8 Å². The monoisotopic (exact) mass is 367 g/mol. The van der Waals surface area contributed by atoms with Gasteiger partial charge in [-0.1, -0.05) is 29.8 Å². The molecule has 2 aromatic carbocycles. The van der Waals surface area contributed by atoms with Crippen LogP contribution < -0.4 is 15.4 Å². The number of para-hydroxylation sites is 2. The van der Waals surface area contributed by atoms with E-state index in [1.807, 2.05) is 55.5 Å². The third-order valence-corrected chi connectivity index (χ3v) is 4.75. The number of carbonyl (C=O) groups is 2. The summed E-state index contributed by atoms with van der Waals surface area (Å²) >= 11 is 0. The van der Waals surface area contributed by atoms with E-state index in [2.05, 4.69) is 10.6 Å². The number of hydrogen-bond acceptors (Lipinski definition) is 3. The Morgan fingerprint density at radius 2 is 1.81 bits per heavy atom. The molecule has 6 heteroatoms. The first kappa shape index (κ1) is 18.8. The van der Waals surface area contributed by atoms with Crippen LogP contribution in [-0.2, 0) is 0 Å². The van der Waals surface area contributed by atoms with Gasteiger partial charge in [-0.3, -0.25) is 4.79 Å². The van der Waals surface area contributed by atoms with Crippen LogP contribution in [0.2, 0.25) is 0 Å². The molecule has 2 aromatic rings. The molecule has 1 fully saturated rings. The van der Waals surface area contributed by atoms with E-state index in [9.17, 15) is 9.59 Å². The summed E-state index contributed by atoms with van der Waals surface area (Å²) in [5, 5.41) is 5.97. The number of nitrogens with zero attached hydrogens (tertiary/aromatic N) is 1. The van der Waals surface area contributed by atoms with Gasteiger partial charge < -0.3 is 20.3 Å². The first-order valence-electron chi connectivity index (χ1n) is 9.13. The van der Waals surface area contributed by atoms with Crippen LogP contribution >= 0.6 is 0 Å². The zero-order valence-electron chi connectivity index (χ0n) is 15.7. The van der Waals surface area contributed by atoms with E-state index in [0.717, 1.165) is 18.4 Å². The van der Waals surface area contributed by atoms with E-state index in [1.54, 1.807) is 12.0 Å². The molecule has 1 aliphatic rings. The van der Waals surface area contributed by atoms with Gasteiger partial charge in [-0.15, -0.1) is 0 Å². The average Bonchev–Trinajstić information content (AvgIpc) is 2.69. The van der Waals surface area contributed by atoms with Crippen molar-refractivity contribution in [3.05, 3.63) is 59.7 Å². The normalized spacial score (nSPS) is 14.5. The summed E-state index contributed by atoms with van der Waals surface area (Å²) in [6, 6.07) is 14.8. The molecule has 0 bridgehead atoms. The molecule has 6 nitrogen and oxygen atoms in total. The SMILES string of the molecule is COc1ccccc1NC(=O)N1CCC(NC(=O)c2cccc(C)c2)CC1. The molecular weight excluding hydrogens is 342 g/mol. The molecule has 2 N–H and O–H groups in total. The van der Waals surface area contributed by atoms with Crippen molar-refractivity contribution in [2.75, 3.05) is 25.5 Å². The van der Waals surface area contributed by atoms with Crippen molar-refractivity contribution in [2.45, 2.75) is 25.8 Å². The van der Waals surface area contributed by atoms with Crippen LogP contribution in [0.15, 0.2) is 48.5 Å². The maximum absolute atomic E-state index is 12.5. The lowest BCUT2D eigenvalue weighted by Gasteiger charge is -2.32. The van der Waals surface area contributed by atoms with Crippen molar-refractivity contribution in [3.63, 3.8) is 0 Å². The second-order valence-corrected chi connectivity index (χ2v) is 6.73. The van der Waals surface area contributed by atoms with Gasteiger partial charge in [0.25, 0.3) is 5.91 Å². The fourth-order valence-corrected chi connectivity index (χ4v) is 3.22. The number of nitrogens with one attached hydrogen (secondary N) is 2. The maximum Gasteiger partial charge on any atom is 0.321 e. The third kappa shape index (κ3) is 4.78. The van der Waals surface area contributed by atoms with Crippen LogP contribution in [0.4, 0.5) is 10.5 Å². The van der Waals surface area contributed by atoms with Crippen LogP contribution in [0.1, 0.15) is 28.8 Å². The Morgan fingerprint density at radius 3 is 2.52 bits per heavy atom. The van der Waals surface area contributed by atoms with Crippen LogP contribution in [0.5, 0.6) is 5.75 Å². The minimum absolute atomic E-state index is 0.0596. The summed E-state index contributed by atoms with van der Waals surface area (Å²) in [6.07, 6.45) is 1.47. The first-order valence-corrected chi connectivity index (χ1v) is 9.13. The number of carbonyl (C=O) groups excluding carboxylic acids is 2. The molecule has 0 radical (unpaired) electrons. The summed E-state index contributed by atoms with van der Waals surface area (Å²) in [5.41, 5.74) is 2.39. The highest BCUT2D eigenvalue weighted by molar-refractivity contribution is 5.94. The van der Waals surface area contributed by atoms with Crippen molar-refractivity contribution in [2.24, 2.45) is 0 Å². The molecule has 27 heavy (non-hydrogen) atoms. The molecule has 0 aliphatic carbocycles. The van der Waals surface area contributed by atoms with Crippen LogP contribution in [0, 0.1) is 6.92 Å². The minimum atomic E-state index is -0.150. The van der Waals surface area contributed by atoms with Gasteiger partial charge in [0.2, 0.25) is 0 Å². The smallest absolute Gasteiger partial charge is 0.321 e. The average molecular weight is 367 g/mol. The number of methoxy groups -OCH3 is 1. The predicted molar refractivity (Wildman–Crippen MR) is 105 cm³/mol. The summed E-state index contributed by atoms with van der Waals surface area (Å²) in [4.78, 5) is 26.6. The lowest BCUT2D eigenvalue weighted by Crippen LogP contribution is -2.47. The molecule has 0 atom stereocenters. The Morgan fingerprint density at radius 1 is 1.07 bits per heavy atom. The Kier molecular flexibility index (Phi) is 5.96. The highest BCUT2D eigenvalue weighted by Crippen LogP contribution is 2.24. The van der Waals surface area contributed by atoms with Crippen LogP contribution in [0.3, 0.4) is 0 Å². The number of anilines is 1. The topological polar surface area (TPSA) is 70.7 Å². The van der Waals surface area contributed by atoms with Crippen LogP contribution in [-0.4, -0.2) is 43.1 Å². The van der Waals surface area contributed by atoms with Crippen LogP contribution in [0.25, 0.3) is 0 Å². The fourth-order valence-electron chi connectivity index (χ4n) is 3.22. The highest BCUT2D eigenvalue weighted by Gasteiger charge is 2.24. The summed E-state index contributed by atoms with van der Waals surface area (Å²) in [5.74, 6) is 0.571. The molecule has 1 aliphatic heterocycles. The van der Waals surface area contributed by atoms with Crippen molar-refractivity contribution < 1.29 is 14.3 Å². The second kappa shape index (κ2) is 8.58. The Labute approximate surface area is 159 Å². The van der Waals surface area contributed by atoms with E-state index in [0.29, 0.717) is 30.1 Å². The number of hydrogen-bond donors (Lipinski definition) is 2. The highest BCUT2D eigenvalue weighted by atomic mass is 16.5. The van der Waals surface area contributed by atoms with Gasteiger partial charge in [0.1, 0.15) is 5.75 Å². The predicted octanol–water partition coefficient (Wildman–Crippen LogP) is 3.43. The molecule has 3 amide bonds. The van der Waals surface area contributed by atoms with Gasteiger partial charge in [0.15, 0.2) is 0 Å². The Hall–Kier alpha value is -3.02. The molecule has 3 rings (SSSR count). The number of amides is 3. The Balaban J connectivity index is 1.51. The molecule has 0 spiro atoms. The number of urea groups is 1. The number of ether oxygens (including phenoxy) is 1. The molecule has 1 heterocycles. The number of benzene rings is 2. The third-order valence-electron chi connectivity index (χ3n) is 4.75. The number of rotatable bonds is 4. The van der Waals surface area contributed by atoms with Crippen molar-refractivity contribution >= 4 is 17.6 Å². The van der Waals surface area contributed by atoms with Crippen molar-refractivity contribution in [3.8, 4) is 5.75 Å². The number of aryl methyl sites for hydroxylation is 1. The first-order chi connectivity index (χ1) is 13.1. The van der Waals surface area contributed by atoms with E-state index in [-0.39, 0.29) is 18.0 Å². The summed E-state index contributed by atoms with van der Waals surface area (Å²) in [7, 11) is 1.58. The second-order valence-electron chi connectivity index (χ2n) is 6.73. The molecular formula is C21H25N3O3. The van der Waals surface area contributed by atoms with E-state index < -0.39 is 0 Å². The maximum atomic E-state index is 12.5. The van der Waals surface area contributed by atoms with Gasteiger partial charge in [-0.05, 0) is 44.0 Å². The molecule has 0 aromatic heterocycles. The fraction of sp³-hybridized carbons (Fsp3) is 0.333. The van der Waals surface area contributed by atoms with Gasteiger partial charge in [-0.2, -0.15) is 0 Å². The van der Waals surface area contributed by atoms with Crippen molar-refractivity contribution in [1.29, 1.82) is 0 Å².